The Labute approximate surface area is 468 Å². The normalized spacial score (nSPS) is 12.8. The second-order valence-corrected chi connectivity index (χ2v) is 26.9. The van der Waals surface area contributed by atoms with E-state index in [-0.39, 0.29) is 21.7 Å². The lowest BCUT2D eigenvalue weighted by Crippen LogP contribution is -2.17. The maximum absolute atomic E-state index is 5.72. The first-order chi connectivity index (χ1) is 37.7. The summed E-state index contributed by atoms with van der Waals surface area (Å²) >= 11 is 1.89. The third-order valence-corrected chi connectivity index (χ3v) is 17.4. The molecule has 0 fully saturated rings. The molecule has 0 amide bonds. The predicted octanol–water partition coefficient (Wildman–Crippen LogP) is 20.3. The second-order valence-electron chi connectivity index (χ2n) is 25.8. The summed E-state index contributed by atoms with van der Waals surface area (Å²) in [5.41, 5.74) is 16.2. The Kier molecular flexibility index (Phi) is 11.6. The Morgan fingerprint density at radius 2 is 0.747 bits per heavy atom. The van der Waals surface area contributed by atoms with Crippen LogP contribution in [0.25, 0.3) is 120 Å². The van der Waals surface area contributed by atoms with Gasteiger partial charge in [-0.05, 0) is 122 Å². The van der Waals surface area contributed by atoms with Crippen LogP contribution in [0.1, 0.15) is 105 Å². The molecule has 13 rings (SSSR count). The van der Waals surface area contributed by atoms with Gasteiger partial charge in [-0.2, -0.15) is 0 Å². The Bertz CT molecular complexity index is 4380. The number of fused-ring (bicyclic) bond motifs is 10. The molecule has 0 unspecified atom stereocenters. The number of rotatable bonds is 6. The van der Waals surface area contributed by atoms with E-state index in [4.69, 9.17) is 15.0 Å². The topological polar surface area (TPSA) is 48.5 Å². The number of aromatic nitrogens is 5. The van der Waals surface area contributed by atoms with Crippen molar-refractivity contribution >= 4 is 75.1 Å². The smallest absolute Gasteiger partial charge is 0.166 e. The van der Waals surface area contributed by atoms with E-state index in [0.717, 1.165) is 50.2 Å². The van der Waals surface area contributed by atoms with Crippen molar-refractivity contribution in [3.63, 3.8) is 0 Å². The molecule has 390 valence electrons. The maximum atomic E-state index is 5.72. The fraction of sp³-hybridized carbons (Fsp3) is 0.219. The quantitative estimate of drug-likeness (QED) is 0.167. The summed E-state index contributed by atoms with van der Waals surface area (Å²) < 4.78 is 7.51. The van der Waals surface area contributed by atoms with Gasteiger partial charge in [0, 0.05) is 64.0 Å². The van der Waals surface area contributed by atoms with Crippen LogP contribution in [0.15, 0.2) is 188 Å². The van der Waals surface area contributed by atoms with Crippen molar-refractivity contribution in [1.82, 2.24) is 24.1 Å². The third kappa shape index (κ3) is 8.63. The standard InChI is InChI=1S/C73H67N5S/c1-70(2,3)47-37-45(38-48(42-47)71(4,5)6)67-74-68(46-39-49(72(7,8)9)43-50(40-46)73(10,11)12)76-69(75-67)57-41-44(33-35-62(57)77-59-29-19-14-24-52(59)53-25-15-20-30-60(53)77)51-23-13-18-28-58(51)78-61-31-21-16-27-56(61)65-63(78)36-34-55-54-26-17-22-32-64(54)79-66(55)65/h13-43H,1-12H3. The zero-order chi connectivity index (χ0) is 54.9. The van der Waals surface area contributed by atoms with Crippen LogP contribution in [-0.2, 0) is 21.7 Å². The Morgan fingerprint density at radius 1 is 0.316 bits per heavy atom. The van der Waals surface area contributed by atoms with Gasteiger partial charge in [0.1, 0.15) is 0 Å². The number of benzene rings is 9. The molecule has 4 heterocycles. The number of nitrogens with zero attached hydrogens (tertiary/aromatic N) is 5. The van der Waals surface area contributed by atoms with Gasteiger partial charge in [-0.25, -0.2) is 15.0 Å². The molecular formula is C73H67N5S. The van der Waals surface area contributed by atoms with E-state index >= 15 is 0 Å². The van der Waals surface area contributed by atoms with Crippen molar-refractivity contribution < 1.29 is 0 Å². The lowest BCUT2D eigenvalue weighted by molar-refractivity contribution is 0.568. The average molecular weight is 1050 g/mol. The first-order valence-corrected chi connectivity index (χ1v) is 28.7. The molecule has 0 spiro atoms. The van der Waals surface area contributed by atoms with Crippen LogP contribution in [0.4, 0.5) is 0 Å². The maximum Gasteiger partial charge on any atom is 0.166 e. The molecule has 0 saturated carbocycles. The van der Waals surface area contributed by atoms with Crippen molar-refractivity contribution in [2.24, 2.45) is 0 Å². The molecule has 6 heteroatoms. The number of hydrogen-bond acceptors (Lipinski definition) is 4. The van der Waals surface area contributed by atoms with Crippen LogP contribution in [0.3, 0.4) is 0 Å². The lowest BCUT2D eigenvalue weighted by Gasteiger charge is -2.26. The fourth-order valence-electron chi connectivity index (χ4n) is 11.7. The molecule has 0 aliphatic heterocycles. The van der Waals surface area contributed by atoms with E-state index in [9.17, 15) is 0 Å². The summed E-state index contributed by atoms with van der Waals surface area (Å²) in [6, 6.07) is 69.7. The summed E-state index contributed by atoms with van der Waals surface area (Å²) in [5.74, 6) is 1.90. The summed E-state index contributed by atoms with van der Waals surface area (Å²) in [7, 11) is 0. The van der Waals surface area contributed by atoms with Gasteiger partial charge in [-0.1, -0.05) is 198 Å². The summed E-state index contributed by atoms with van der Waals surface area (Å²) in [6.45, 7) is 27.5. The lowest BCUT2D eigenvalue weighted by atomic mass is 9.79. The fourth-order valence-corrected chi connectivity index (χ4v) is 12.9. The van der Waals surface area contributed by atoms with Gasteiger partial charge >= 0.3 is 0 Å². The molecule has 0 aliphatic rings. The monoisotopic (exact) mass is 1050 g/mol. The van der Waals surface area contributed by atoms with Gasteiger partial charge in [0.15, 0.2) is 17.5 Å². The summed E-state index contributed by atoms with van der Waals surface area (Å²) in [5, 5.41) is 7.51. The van der Waals surface area contributed by atoms with Crippen molar-refractivity contribution in [3.05, 3.63) is 210 Å². The highest BCUT2D eigenvalue weighted by molar-refractivity contribution is 7.26. The number of thiophene rings is 1. The van der Waals surface area contributed by atoms with Crippen molar-refractivity contribution in [1.29, 1.82) is 0 Å². The molecule has 13 aromatic rings. The molecule has 79 heavy (non-hydrogen) atoms. The minimum absolute atomic E-state index is 0.122. The van der Waals surface area contributed by atoms with E-state index in [1.807, 2.05) is 11.3 Å². The molecule has 4 aromatic heterocycles. The van der Waals surface area contributed by atoms with Crippen molar-refractivity contribution in [2.45, 2.75) is 105 Å². The molecule has 9 aromatic carbocycles. The van der Waals surface area contributed by atoms with Gasteiger partial charge in [0.05, 0.1) is 33.4 Å². The summed E-state index contributed by atoms with van der Waals surface area (Å²) in [4.78, 5) is 17.0. The summed E-state index contributed by atoms with van der Waals surface area (Å²) in [6.07, 6.45) is 0. The number of para-hydroxylation sites is 4. The van der Waals surface area contributed by atoms with Gasteiger partial charge in [0.25, 0.3) is 0 Å². The second kappa shape index (κ2) is 18.2. The molecule has 0 N–H and O–H groups in total. The average Bonchev–Trinajstić information content (AvgIpc) is 3.96. The third-order valence-electron chi connectivity index (χ3n) is 16.2. The molecule has 0 aliphatic carbocycles. The zero-order valence-corrected chi connectivity index (χ0v) is 48.4. The van der Waals surface area contributed by atoms with E-state index < -0.39 is 0 Å². The van der Waals surface area contributed by atoms with Crippen LogP contribution < -0.4 is 0 Å². The molecule has 0 saturated heterocycles. The molecule has 0 radical (unpaired) electrons. The first kappa shape index (κ1) is 50.3. The van der Waals surface area contributed by atoms with E-state index in [1.54, 1.807) is 0 Å². The van der Waals surface area contributed by atoms with E-state index in [1.165, 1.54) is 75.0 Å². The minimum atomic E-state index is -0.122. The van der Waals surface area contributed by atoms with Crippen LogP contribution in [0.5, 0.6) is 0 Å². The molecule has 5 nitrogen and oxygen atoms in total. The molecule has 0 atom stereocenters. The van der Waals surface area contributed by atoms with Crippen LogP contribution in [-0.4, -0.2) is 24.1 Å². The highest BCUT2D eigenvalue weighted by atomic mass is 32.1. The highest BCUT2D eigenvalue weighted by Gasteiger charge is 2.28. The highest BCUT2D eigenvalue weighted by Crippen LogP contribution is 2.46. The predicted molar refractivity (Wildman–Crippen MR) is 338 cm³/mol. The van der Waals surface area contributed by atoms with Gasteiger partial charge in [-0.3, -0.25) is 0 Å². The zero-order valence-electron chi connectivity index (χ0n) is 47.5. The van der Waals surface area contributed by atoms with Crippen LogP contribution in [0.2, 0.25) is 0 Å². The van der Waals surface area contributed by atoms with Crippen molar-refractivity contribution in [3.8, 4) is 56.7 Å². The van der Waals surface area contributed by atoms with Crippen molar-refractivity contribution in [2.75, 3.05) is 0 Å². The Balaban J connectivity index is 1.13. The Morgan fingerprint density at radius 3 is 1.29 bits per heavy atom. The molecular weight excluding hydrogens is 979 g/mol. The van der Waals surface area contributed by atoms with Gasteiger partial charge in [-0.15, -0.1) is 11.3 Å². The van der Waals surface area contributed by atoms with Crippen LogP contribution >= 0.6 is 11.3 Å². The van der Waals surface area contributed by atoms with Gasteiger partial charge in [0.2, 0.25) is 0 Å². The number of hydrogen-bond donors (Lipinski definition) is 0. The first-order valence-electron chi connectivity index (χ1n) is 27.8. The SMILES string of the molecule is CC(C)(C)c1cc(-c2nc(-c3cc(C(C)(C)C)cc(C(C)(C)C)c3)nc(-c3cc(-c4ccccc4-n4c5ccccc5c5c6sc7ccccc7c6ccc54)ccc3-n3c4ccccc4c4ccccc43)n2)cc(C(C)(C)C)c1. The van der Waals surface area contributed by atoms with E-state index in [2.05, 4.69) is 280 Å². The minimum Gasteiger partial charge on any atom is -0.309 e. The van der Waals surface area contributed by atoms with E-state index in [0.29, 0.717) is 17.5 Å². The van der Waals surface area contributed by atoms with Crippen LogP contribution in [0, 0.1) is 0 Å². The largest absolute Gasteiger partial charge is 0.309 e. The van der Waals surface area contributed by atoms with Gasteiger partial charge < -0.3 is 9.13 Å². The Hall–Kier alpha value is -8.19. The molecule has 0 bridgehead atoms.